The molecule has 0 unspecified atom stereocenters. The van der Waals surface area contributed by atoms with Gasteiger partial charge < -0.3 is 10.2 Å². The van der Waals surface area contributed by atoms with Crippen LogP contribution in [0.5, 0.6) is 0 Å². The Morgan fingerprint density at radius 3 is 2.17 bits per heavy atom. The molecule has 0 aliphatic heterocycles. The Morgan fingerprint density at radius 1 is 0.967 bits per heavy atom. The van der Waals surface area contributed by atoms with E-state index in [9.17, 15) is 9.59 Å². The Hall–Kier alpha value is -1.75. The summed E-state index contributed by atoms with van der Waals surface area (Å²) in [5.41, 5.74) is 1.64. The number of rotatable bonds is 9. The third kappa shape index (κ3) is 7.19. The van der Waals surface area contributed by atoms with Gasteiger partial charge in [0.05, 0.1) is 16.5 Å². The fourth-order valence-electron chi connectivity index (χ4n) is 3.06. The summed E-state index contributed by atoms with van der Waals surface area (Å²) in [6.07, 6.45) is 0.671. The summed E-state index contributed by atoms with van der Waals surface area (Å²) in [5.74, 6) is 0.0189. The molecule has 1 atom stereocenters. The van der Waals surface area contributed by atoms with E-state index in [4.69, 9.17) is 34.8 Å². The lowest BCUT2D eigenvalue weighted by Crippen LogP contribution is -2.50. The van der Waals surface area contributed by atoms with Crippen molar-refractivity contribution in [3.8, 4) is 0 Å². The lowest BCUT2D eigenvalue weighted by molar-refractivity contribution is -0.141. The van der Waals surface area contributed by atoms with Gasteiger partial charge in [-0.2, -0.15) is 0 Å². The van der Waals surface area contributed by atoms with Crippen LogP contribution >= 0.6 is 34.8 Å². The Balaban J connectivity index is 2.28. The van der Waals surface area contributed by atoms with Crippen LogP contribution in [-0.4, -0.2) is 29.3 Å². The molecule has 0 aliphatic rings. The van der Waals surface area contributed by atoms with Gasteiger partial charge in [0, 0.05) is 18.1 Å². The van der Waals surface area contributed by atoms with Gasteiger partial charge in [-0.05, 0) is 47.7 Å². The normalized spacial score (nSPS) is 12.0. The van der Waals surface area contributed by atoms with Crippen LogP contribution in [-0.2, 0) is 22.6 Å². The van der Waals surface area contributed by atoms with Gasteiger partial charge in [0.25, 0.3) is 0 Å². The SMILES string of the molecule is CC[C@H](C(=O)NCC(C)C)N(Cc1ccc(Cl)c(Cl)c1)C(=O)Cc1ccc(Cl)cc1. The van der Waals surface area contributed by atoms with E-state index in [0.29, 0.717) is 34.0 Å². The monoisotopic (exact) mass is 468 g/mol. The molecule has 0 fully saturated rings. The predicted octanol–water partition coefficient (Wildman–Crippen LogP) is 5.77. The van der Waals surface area contributed by atoms with Crippen molar-refractivity contribution in [3.63, 3.8) is 0 Å². The van der Waals surface area contributed by atoms with Crippen molar-refractivity contribution in [2.45, 2.75) is 46.2 Å². The Labute approximate surface area is 193 Å². The molecule has 2 amide bonds. The summed E-state index contributed by atoms with van der Waals surface area (Å²) in [6, 6.07) is 11.8. The average molecular weight is 470 g/mol. The summed E-state index contributed by atoms with van der Waals surface area (Å²) < 4.78 is 0. The molecule has 0 aromatic heterocycles. The Kier molecular flexibility index (Phi) is 9.47. The van der Waals surface area contributed by atoms with Crippen molar-refractivity contribution in [1.29, 1.82) is 0 Å². The van der Waals surface area contributed by atoms with Crippen LogP contribution < -0.4 is 5.32 Å². The van der Waals surface area contributed by atoms with Crippen LogP contribution in [0, 0.1) is 5.92 Å². The molecule has 0 saturated carbocycles. The molecule has 0 spiro atoms. The molecular formula is C23H27Cl3N2O2. The standard InChI is InChI=1S/C23H27Cl3N2O2/c1-4-21(23(30)27-13-15(2)3)28(14-17-7-10-19(25)20(26)11-17)22(29)12-16-5-8-18(24)9-6-16/h5-11,15,21H,4,12-14H2,1-3H3,(H,27,30)/t21-/m1/s1. The number of benzene rings is 2. The van der Waals surface area contributed by atoms with E-state index in [-0.39, 0.29) is 24.8 Å². The molecule has 1 N–H and O–H groups in total. The number of carbonyl (C=O) groups excluding carboxylic acids is 2. The molecule has 7 heteroatoms. The van der Waals surface area contributed by atoms with Crippen molar-refractivity contribution in [2.75, 3.05) is 6.54 Å². The molecule has 2 aromatic carbocycles. The lowest BCUT2D eigenvalue weighted by Gasteiger charge is -2.31. The number of hydrogen-bond donors (Lipinski definition) is 1. The Bertz CT molecular complexity index is 869. The van der Waals surface area contributed by atoms with Crippen LogP contribution in [0.15, 0.2) is 42.5 Å². The van der Waals surface area contributed by atoms with Crippen molar-refractivity contribution < 1.29 is 9.59 Å². The largest absolute Gasteiger partial charge is 0.354 e. The van der Waals surface area contributed by atoms with Crippen LogP contribution in [0.3, 0.4) is 0 Å². The van der Waals surface area contributed by atoms with Gasteiger partial charge in [-0.25, -0.2) is 0 Å². The zero-order chi connectivity index (χ0) is 22.3. The van der Waals surface area contributed by atoms with Gasteiger partial charge in [0.2, 0.25) is 11.8 Å². The van der Waals surface area contributed by atoms with Crippen molar-refractivity contribution in [1.82, 2.24) is 10.2 Å². The summed E-state index contributed by atoms with van der Waals surface area (Å²) in [6.45, 7) is 6.77. The van der Waals surface area contributed by atoms with E-state index >= 15 is 0 Å². The zero-order valence-electron chi connectivity index (χ0n) is 17.4. The second-order valence-corrected chi connectivity index (χ2v) is 8.89. The molecule has 2 rings (SSSR count). The molecule has 2 aromatic rings. The fourth-order valence-corrected chi connectivity index (χ4v) is 3.50. The van der Waals surface area contributed by atoms with Crippen molar-refractivity contribution in [3.05, 3.63) is 68.7 Å². The minimum absolute atomic E-state index is 0.144. The van der Waals surface area contributed by atoms with E-state index in [0.717, 1.165) is 11.1 Å². The number of halogens is 3. The third-order valence-electron chi connectivity index (χ3n) is 4.68. The maximum atomic E-state index is 13.3. The predicted molar refractivity (Wildman–Crippen MR) is 124 cm³/mol. The molecule has 0 heterocycles. The van der Waals surface area contributed by atoms with E-state index in [1.807, 2.05) is 39.0 Å². The molecule has 0 aliphatic carbocycles. The summed E-state index contributed by atoms with van der Waals surface area (Å²) in [5, 5.41) is 4.42. The molecule has 30 heavy (non-hydrogen) atoms. The van der Waals surface area contributed by atoms with Crippen molar-refractivity contribution in [2.24, 2.45) is 5.92 Å². The molecular weight excluding hydrogens is 443 g/mol. The summed E-state index contributed by atoms with van der Waals surface area (Å²) in [4.78, 5) is 27.7. The van der Waals surface area contributed by atoms with E-state index in [1.165, 1.54) is 0 Å². The minimum atomic E-state index is -0.585. The second kappa shape index (κ2) is 11.6. The molecule has 0 radical (unpaired) electrons. The first-order valence-corrected chi connectivity index (χ1v) is 11.1. The van der Waals surface area contributed by atoms with E-state index < -0.39 is 6.04 Å². The average Bonchev–Trinajstić information content (AvgIpc) is 2.70. The topological polar surface area (TPSA) is 49.4 Å². The summed E-state index contributed by atoms with van der Waals surface area (Å²) >= 11 is 18.1. The van der Waals surface area contributed by atoms with Gasteiger partial charge >= 0.3 is 0 Å². The van der Waals surface area contributed by atoms with Gasteiger partial charge in [-0.3, -0.25) is 9.59 Å². The van der Waals surface area contributed by atoms with E-state index in [1.54, 1.807) is 29.2 Å². The number of amides is 2. The highest BCUT2D eigenvalue weighted by Crippen LogP contribution is 2.24. The Morgan fingerprint density at radius 2 is 1.60 bits per heavy atom. The highest BCUT2D eigenvalue weighted by atomic mass is 35.5. The minimum Gasteiger partial charge on any atom is -0.354 e. The smallest absolute Gasteiger partial charge is 0.242 e. The quantitative estimate of drug-likeness (QED) is 0.507. The van der Waals surface area contributed by atoms with Gasteiger partial charge in [-0.1, -0.05) is 73.8 Å². The van der Waals surface area contributed by atoms with Crippen LogP contribution in [0.25, 0.3) is 0 Å². The highest BCUT2D eigenvalue weighted by Gasteiger charge is 2.28. The molecule has 4 nitrogen and oxygen atoms in total. The van der Waals surface area contributed by atoms with Crippen LogP contribution in [0.4, 0.5) is 0 Å². The maximum absolute atomic E-state index is 13.3. The van der Waals surface area contributed by atoms with Crippen LogP contribution in [0.1, 0.15) is 38.3 Å². The summed E-state index contributed by atoms with van der Waals surface area (Å²) in [7, 11) is 0. The highest BCUT2D eigenvalue weighted by molar-refractivity contribution is 6.42. The molecule has 0 saturated heterocycles. The van der Waals surface area contributed by atoms with Gasteiger partial charge in [0.1, 0.15) is 6.04 Å². The van der Waals surface area contributed by atoms with Gasteiger partial charge in [-0.15, -0.1) is 0 Å². The van der Waals surface area contributed by atoms with E-state index in [2.05, 4.69) is 5.32 Å². The first kappa shape index (κ1) is 24.5. The first-order valence-electron chi connectivity index (χ1n) is 9.96. The fraction of sp³-hybridized carbons (Fsp3) is 0.391. The number of nitrogens with one attached hydrogen (secondary N) is 1. The second-order valence-electron chi connectivity index (χ2n) is 7.64. The van der Waals surface area contributed by atoms with Crippen molar-refractivity contribution >= 4 is 46.6 Å². The maximum Gasteiger partial charge on any atom is 0.242 e. The first-order chi connectivity index (χ1) is 14.2. The zero-order valence-corrected chi connectivity index (χ0v) is 19.7. The third-order valence-corrected chi connectivity index (χ3v) is 5.67. The molecule has 162 valence electrons. The number of carbonyl (C=O) groups is 2. The lowest BCUT2D eigenvalue weighted by atomic mass is 10.1. The number of nitrogens with zero attached hydrogens (tertiary/aromatic N) is 1. The van der Waals surface area contributed by atoms with Gasteiger partial charge in [0.15, 0.2) is 0 Å². The van der Waals surface area contributed by atoms with Crippen LogP contribution in [0.2, 0.25) is 15.1 Å². The number of hydrogen-bond acceptors (Lipinski definition) is 2. The molecule has 0 bridgehead atoms.